The zero-order valence-electron chi connectivity index (χ0n) is 16.4. The number of fused-ring (bicyclic) bond motifs is 1. The Kier molecular flexibility index (Phi) is 5.55. The molecule has 0 heterocycles. The topological polar surface area (TPSA) is 29.5 Å². The van der Waals surface area contributed by atoms with E-state index < -0.39 is 8.32 Å². The first kappa shape index (κ1) is 19.2. The van der Waals surface area contributed by atoms with Crippen molar-refractivity contribution in [2.45, 2.75) is 91.0 Å². The molecule has 0 bridgehead atoms. The third kappa shape index (κ3) is 3.62. The summed E-state index contributed by atoms with van der Waals surface area (Å²) in [5.41, 5.74) is 1.89. The largest absolute Gasteiger partial charge is 0.414 e. The minimum atomic E-state index is -1.71. The zero-order valence-corrected chi connectivity index (χ0v) is 17.4. The third-order valence-corrected chi connectivity index (χ3v) is 11.6. The molecule has 0 spiro atoms. The van der Waals surface area contributed by atoms with Crippen LogP contribution < -0.4 is 0 Å². The maximum atomic E-state index is 9.33. The highest BCUT2D eigenvalue weighted by Gasteiger charge is 2.51. The van der Waals surface area contributed by atoms with E-state index in [-0.39, 0.29) is 5.04 Å². The molecule has 0 aliphatic heterocycles. The Morgan fingerprint density at radius 3 is 2.61 bits per heavy atom. The van der Waals surface area contributed by atoms with Crippen molar-refractivity contribution in [2.24, 2.45) is 17.3 Å². The second-order valence-electron chi connectivity index (χ2n) is 9.64. The fourth-order valence-corrected chi connectivity index (χ4v) is 5.93. The molecule has 1 N–H and O–H groups in total. The molecule has 134 valence electrons. The lowest BCUT2D eigenvalue weighted by molar-refractivity contribution is 0.0156. The summed E-state index contributed by atoms with van der Waals surface area (Å²) in [4.78, 5) is 0. The van der Waals surface area contributed by atoms with Crippen LogP contribution in [0.15, 0.2) is 11.6 Å². The third-order valence-electron chi connectivity index (χ3n) is 7.05. The summed E-state index contributed by atoms with van der Waals surface area (Å²) in [6.45, 7) is 16.8. The molecule has 2 rings (SSSR count). The number of aliphatic hydroxyl groups is 1. The van der Waals surface area contributed by atoms with Crippen molar-refractivity contribution in [3.8, 4) is 0 Å². The van der Waals surface area contributed by atoms with Crippen LogP contribution in [0.3, 0.4) is 0 Å². The quantitative estimate of drug-likeness (QED) is 0.527. The molecule has 0 aromatic heterocycles. The lowest BCUT2D eigenvalue weighted by Crippen LogP contribution is -2.49. The summed E-state index contributed by atoms with van der Waals surface area (Å²) >= 11 is 0. The highest BCUT2D eigenvalue weighted by Crippen LogP contribution is 2.56. The van der Waals surface area contributed by atoms with Crippen molar-refractivity contribution in [3.05, 3.63) is 11.6 Å². The fraction of sp³-hybridized carbons (Fsp3) is 0.900. The molecular formula is C20H38O2Si. The second-order valence-corrected chi connectivity index (χ2v) is 14.4. The second kappa shape index (κ2) is 6.65. The molecule has 2 aliphatic carbocycles. The van der Waals surface area contributed by atoms with Gasteiger partial charge in [-0.1, -0.05) is 52.7 Å². The van der Waals surface area contributed by atoms with Gasteiger partial charge in [-0.2, -0.15) is 0 Å². The highest BCUT2D eigenvalue weighted by atomic mass is 28.4. The van der Waals surface area contributed by atoms with Crippen molar-refractivity contribution in [3.63, 3.8) is 0 Å². The molecule has 3 heteroatoms. The molecule has 2 aliphatic rings. The lowest BCUT2D eigenvalue weighted by Gasteiger charge is -2.49. The smallest absolute Gasteiger partial charge is 0.192 e. The Hall–Kier alpha value is -0.123. The molecule has 0 aromatic rings. The van der Waals surface area contributed by atoms with E-state index in [0.29, 0.717) is 30.0 Å². The maximum Gasteiger partial charge on any atom is 0.192 e. The van der Waals surface area contributed by atoms with Crippen molar-refractivity contribution in [2.75, 3.05) is 6.61 Å². The van der Waals surface area contributed by atoms with Gasteiger partial charge in [-0.15, -0.1) is 0 Å². The molecule has 1 fully saturated rings. The van der Waals surface area contributed by atoms with Gasteiger partial charge in [0.1, 0.15) is 0 Å². The fourth-order valence-electron chi connectivity index (χ4n) is 4.53. The Labute approximate surface area is 144 Å². The minimum absolute atomic E-state index is 0.278. The molecule has 1 unspecified atom stereocenters. The van der Waals surface area contributed by atoms with Crippen LogP contribution in [-0.2, 0) is 4.43 Å². The summed E-state index contributed by atoms with van der Waals surface area (Å²) in [5.74, 6) is 1.14. The van der Waals surface area contributed by atoms with Gasteiger partial charge in [0, 0.05) is 12.7 Å². The first-order valence-electron chi connectivity index (χ1n) is 9.52. The van der Waals surface area contributed by atoms with Crippen LogP contribution in [0.25, 0.3) is 0 Å². The van der Waals surface area contributed by atoms with Gasteiger partial charge >= 0.3 is 0 Å². The average Bonchev–Trinajstić information content (AvgIpc) is 2.75. The van der Waals surface area contributed by atoms with E-state index in [1.165, 1.54) is 25.7 Å². The Bertz CT molecular complexity index is 449. The molecule has 2 nitrogen and oxygen atoms in total. The van der Waals surface area contributed by atoms with Gasteiger partial charge in [0.15, 0.2) is 8.32 Å². The van der Waals surface area contributed by atoms with E-state index in [9.17, 15) is 5.11 Å². The summed E-state index contributed by atoms with van der Waals surface area (Å²) < 4.78 is 6.87. The van der Waals surface area contributed by atoms with Gasteiger partial charge in [-0.05, 0) is 61.1 Å². The van der Waals surface area contributed by atoms with Gasteiger partial charge in [-0.3, -0.25) is 0 Å². The van der Waals surface area contributed by atoms with Crippen LogP contribution in [0.4, 0.5) is 0 Å². The highest BCUT2D eigenvalue weighted by molar-refractivity contribution is 6.74. The van der Waals surface area contributed by atoms with Crippen LogP contribution in [0.5, 0.6) is 0 Å². The standard InChI is InChI=1S/C20H38O2Si/c1-15(12-14-21)16-10-11-17-18(9-8-13-20(16,17)5)22-23(6,7)19(2,3)4/h10,15,17-18,21H,8-9,11-14H2,1-7H3/t15-,17-,18?,20+/m0/s1. The summed E-state index contributed by atoms with van der Waals surface area (Å²) in [6, 6.07) is 0. The van der Waals surface area contributed by atoms with E-state index >= 15 is 0 Å². The van der Waals surface area contributed by atoms with Gasteiger partial charge in [-0.25, -0.2) is 0 Å². The Morgan fingerprint density at radius 2 is 2.04 bits per heavy atom. The van der Waals surface area contributed by atoms with E-state index in [1.807, 2.05) is 0 Å². The Morgan fingerprint density at radius 1 is 1.39 bits per heavy atom. The Balaban J connectivity index is 2.16. The lowest BCUT2D eigenvalue weighted by atomic mass is 9.63. The molecule has 0 saturated heterocycles. The molecular weight excluding hydrogens is 300 g/mol. The summed E-state index contributed by atoms with van der Waals surface area (Å²) in [6.07, 6.45) is 8.75. The maximum absolute atomic E-state index is 9.33. The number of hydrogen-bond acceptors (Lipinski definition) is 2. The van der Waals surface area contributed by atoms with Crippen molar-refractivity contribution in [1.82, 2.24) is 0 Å². The van der Waals surface area contributed by atoms with Crippen LogP contribution in [0.2, 0.25) is 18.1 Å². The molecule has 23 heavy (non-hydrogen) atoms. The summed E-state index contributed by atoms with van der Waals surface area (Å²) in [7, 11) is -1.71. The van der Waals surface area contributed by atoms with Crippen LogP contribution >= 0.6 is 0 Å². The minimum Gasteiger partial charge on any atom is -0.414 e. The van der Waals surface area contributed by atoms with E-state index in [4.69, 9.17) is 4.43 Å². The van der Waals surface area contributed by atoms with Crippen molar-refractivity contribution < 1.29 is 9.53 Å². The first-order chi connectivity index (χ1) is 10.5. The predicted molar refractivity (Wildman–Crippen MR) is 101 cm³/mol. The zero-order chi connectivity index (χ0) is 17.5. The van der Waals surface area contributed by atoms with Gasteiger partial charge in [0.05, 0.1) is 0 Å². The predicted octanol–water partition coefficient (Wildman–Crippen LogP) is 5.53. The summed E-state index contributed by atoms with van der Waals surface area (Å²) in [5, 5.41) is 9.60. The molecule has 0 aromatic carbocycles. The molecule has 0 radical (unpaired) electrons. The van der Waals surface area contributed by atoms with Gasteiger partial charge < -0.3 is 9.53 Å². The molecule has 0 amide bonds. The SMILES string of the molecule is C[C@@H](CCO)C1=CC[C@H]2C(O[Si](C)(C)C(C)(C)C)CCC[C@]12C. The number of aliphatic hydroxyl groups excluding tert-OH is 1. The van der Waals surface area contributed by atoms with Crippen molar-refractivity contribution in [1.29, 1.82) is 0 Å². The van der Waals surface area contributed by atoms with Crippen LogP contribution in [0.1, 0.15) is 66.7 Å². The van der Waals surface area contributed by atoms with E-state index in [1.54, 1.807) is 5.57 Å². The van der Waals surface area contributed by atoms with E-state index in [0.717, 1.165) is 6.42 Å². The molecule has 1 saturated carbocycles. The number of rotatable bonds is 5. The van der Waals surface area contributed by atoms with E-state index in [2.05, 4.69) is 53.8 Å². The van der Waals surface area contributed by atoms with Gasteiger partial charge in [0.2, 0.25) is 0 Å². The molecule has 4 atom stereocenters. The van der Waals surface area contributed by atoms with Crippen LogP contribution in [0, 0.1) is 17.3 Å². The first-order valence-corrected chi connectivity index (χ1v) is 12.4. The van der Waals surface area contributed by atoms with Crippen LogP contribution in [-0.4, -0.2) is 26.1 Å². The van der Waals surface area contributed by atoms with Gasteiger partial charge in [0.25, 0.3) is 0 Å². The number of allylic oxidation sites excluding steroid dienone is 2. The van der Waals surface area contributed by atoms with Crippen molar-refractivity contribution >= 4 is 8.32 Å². The normalized spacial score (nSPS) is 33.3. The monoisotopic (exact) mass is 338 g/mol. The number of hydrogen-bond donors (Lipinski definition) is 1. The average molecular weight is 339 g/mol.